The van der Waals surface area contributed by atoms with Crippen LogP contribution in [0.5, 0.6) is 5.75 Å². The van der Waals surface area contributed by atoms with Crippen molar-refractivity contribution < 1.29 is 9.13 Å². The second-order valence-corrected chi connectivity index (χ2v) is 6.33. The maximum absolute atomic E-state index is 14.2. The summed E-state index contributed by atoms with van der Waals surface area (Å²) in [6.45, 7) is 4.47. The number of nitrogens with two attached hydrogens (primary N) is 1. The lowest BCUT2D eigenvalue weighted by molar-refractivity contribution is 0.181. The monoisotopic (exact) mass is 265 g/mol. The summed E-state index contributed by atoms with van der Waals surface area (Å²) in [6, 6.07) is 5.29. The van der Waals surface area contributed by atoms with Crippen LogP contribution in [-0.2, 0) is 6.42 Å². The van der Waals surface area contributed by atoms with E-state index < -0.39 is 0 Å². The topological polar surface area (TPSA) is 35.2 Å². The van der Waals surface area contributed by atoms with Crippen LogP contribution >= 0.6 is 0 Å². The molecule has 1 aromatic rings. The van der Waals surface area contributed by atoms with Crippen molar-refractivity contribution in [3.8, 4) is 5.75 Å². The highest BCUT2D eigenvalue weighted by Crippen LogP contribution is 2.37. The van der Waals surface area contributed by atoms with Gasteiger partial charge in [-0.3, -0.25) is 0 Å². The highest BCUT2D eigenvalue weighted by atomic mass is 19.1. The van der Waals surface area contributed by atoms with E-state index in [4.69, 9.17) is 10.5 Å². The smallest absolute Gasteiger partial charge is 0.168 e. The summed E-state index contributed by atoms with van der Waals surface area (Å²) >= 11 is 0. The van der Waals surface area contributed by atoms with Gasteiger partial charge >= 0.3 is 0 Å². The first kappa shape index (κ1) is 14.3. The Morgan fingerprint density at radius 1 is 1.32 bits per heavy atom. The van der Waals surface area contributed by atoms with Crippen molar-refractivity contribution in [1.82, 2.24) is 0 Å². The van der Waals surface area contributed by atoms with Crippen molar-refractivity contribution in [2.75, 3.05) is 7.11 Å². The Morgan fingerprint density at radius 3 is 2.53 bits per heavy atom. The molecule has 106 valence electrons. The van der Waals surface area contributed by atoms with Crippen LogP contribution in [0.15, 0.2) is 18.2 Å². The molecule has 2 N–H and O–H groups in total. The molecule has 3 heteroatoms. The van der Waals surface area contributed by atoms with Gasteiger partial charge in [0.15, 0.2) is 11.6 Å². The number of benzene rings is 1. The summed E-state index contributed by atoms with van der Waals surface area (Å²) in [5.74, 6) is 1.27. The van der Waals surface area contributed by atoms with Crippen LogP contribution < -0.4 is 10.5 Å². The average Bonchev–Trinajstić information content (AvgIpc) is 2.29. The molecular weight excluding hydrogens is 241 g/mol. The number of hydrogen-bond acceptors (Lipinski definition) is 2. The Kier molecular flexibility index (Phi) is 4.14. The summed E-state index contributed by atoms with van der Waals surface area (Å²) in [5.41, 5.74) is 6.91. The van der Waals surface area contributed by atoms with Gasteiger partial charge in [0.25, 0.3) is 0 Å². The normalized spacial score (nSPS) is 31.2. The zero-order valence-corrected chi connectivity index (χ0v) is 12.1. The Hall–Kier alpha value is -1.09. The van der Waals surface area contributed by atoms with E-state index in [2.05, 4.69) is 13.8 Å². The van der Waals surface area contributed by atoms with Crippen molar-refractivity contribution in [2.45, 2.75) is 45.1 Å². The molecule has 1 fully saturated rings. The summed E-state index contributed by atoms with van der Waals surface area (Å²) in [5, 5.41) is 0. The molecule has 0 radical (unpaired) electrons. The largest absolute Gasteiger partial charge is 0.494 e. The van der Waals surface area contributed by atoms with E-state index in [1.807, 2.05) is 12.1 Å². The lowest BCUT2D eigenvalue weighted by Crippen LogP contribution is -2.48. The highest BCUT2D eigenvalue weighted by Gasteiger charge is 2.35. The van der Waals surface area contributed by atoms with Crippen molar-refractivity contribution >= 4 is 0 Å². The van der Waals surface area contributed by atoms with Gasteiger partial charge in [0.1, 0.15) is 0 Å². The molecule has 0 heterocycles. The third-order valence-electron chi connectivity index (χ3n) is 4.12. The molecule has 2 nitrogen and oxygen atoms in total. The van der Waals surface area contributed by atoms with Crippen molar-refractivity contribution in [3.05, 3.63) is 29.6 Å². The standard InChI is InChI=1S/C16H24FNO/c1-11-7-12(2)9-16(18,8-11)10-13-5-4-6-14(19-3)15(13)17/h4-6,11-12H,7-10,18H2,1-3H3. The fourth-order valence-electron chi connectivity index (χ4n) is 3.70. The summed E-state index contributed by atoms with van der Waals surface area (Å²) in [6.07, 6.45) is 3.74. The maximum Gasteiger partial charge on any atom is 0.168 e. The van der Waals surface area contributed by atoms with E-state index >= 15 is 0 Å². The predicted molar refractivity (Wildman–Crippen MR) is 75.8 cm³/mol. The predicted octanol–water partition coefficient (Wildman–Crippen LogP) is 3.53. The molecule has 1 aromatic carbocycles. The van der Waals surface area contributed by atoms with Gasteiger partial charge in [-0.15, -0.1) is 0 Å². The van der Waals surface area contributed by atoms with Crippen LogP contribution in [0.2, 0.25) is 0 Å². The lowest BCUT2D eigenvalue weighted by Gasteiger charge is -2.40. The quantitative estimate of drug-likeness (QED) is 0.907. The molecule has 0 bridgehead atoms. The van der Waals surface area contributed by atoms with Crippen LogP contribution in [0.1, 0.15) is 38.7 Å². The molecule has 2 rings (SSSR count). The fourth-order valence-corrected chi connectivity index (χ4v) is 3.70. The first-order valence-corrected chi connectivity index (χ1v) is 7.04. The Labute approximate surface area is 115 Å². The molecular formula is C16H24FNO. The minimum atomic E-state index is -0.287. The van der Waals surface area contributed by atoms with Gasteiger partial charge in [-0.2, -0.15) is 0 Å². The van der Waals surface area contributed by atoms with Gasteiger partial charge in [0.2, 0.25) is 0 Å². The van der Waals surface area contributed by atoms with Crippen molar-refractivity contribution in [2.24, 2.45) is 17.6 Å². The van der Waals surface area contributed by atoms with Gasteiger partial charge in [0, 0.05) is 5.54 Å². The van der Waals surface area contributed by atoms with Gasteiger partial charge in [-0.05, 0) is 49.1 Å². The zero-order chi connectivity index (χ0) is 14.0. The first-order chi connectivity index (χ1) is 8.93. The van der Waals surface area contributed by atoms with Gasteiger partial charge in [-0.25, -0.2) is 4.39 Å². The average molecular weight is 265 g/mol. The zero-order valence-electron chi connectivity index (χ0n) is 12.1. The fraction of sp³-hybridized carbons (Fsp3) is 0.625. The molecule has 0 aliphatic heterocycles. The molecule has 0 spiro atoms. The molecule has 0 amide bonds. The Bertz CT molecular complexity index is 436. The van der Waals surface area contributed by atoms with Gasteiger partial charge in [-0.1, -0.05) is 26.0 Å². The second-order valence-electron chi connectivity index (χ2n) is 6.33. The van der Waals surface area contributed by atoms with E-state index in [1.54, 1.807) is 6.07 Å². The minimum Gasteiger partial charge on any atom is -0.494 e. The Morgan fingerprint density at radius 2 is 1.95 bits per heavy atom. The highest BCUT2D eigenvalue weighted by molar-refractivity contribution is 5.32. The number of halogens is 1. The third-order valence-corrected chi connectivity index (χ3v) is 4.12. The van der Waals surface area contributed by atoms with Crippen LogP contribution in [-0.4, -0.2) is 12.6 Å². The van der Waals surface area contributed by atoms with Crippen molar-refractivity contribution in [1.29, 1.82) is 0 Å². The van der Waals surface area contributed by atoms with Crippen LogP contribution in [0.25, 0.3) is 0 Å². The summed E-state index contributed by atoms with van der Waals surface area (Å²) in [4.78, 5) is 0. The minimum absolute atomic E-state index is 0.263. The Balaban J connectivity index is 2.20. The molecule has 19 heavy (non-hydrogen) atoms. The van der Waals surface area contributed by atoms with E-state index in [1.165, 1.54) is 13.5 Å². The third kappa shape index (κ3) is 3.27. The van der Waals surface area contributed by atoms with Crippen molar-refractivity contribution in [3.63, 3.8) is 0 Å². The lowest BCUT2D eigenvalue weighted by atomic mass is 9.70. The number of hydrogen-bond donors (Lipinski definition) is 1. The van der Waals surface area contributed by atoms with Crippen LogP contribution in [0.3, 0.4) is 0 Å². The summed E-state index contributed by atoms with van der Waals surface area (Å²) in [7, 11) is 1.49. The molecule has 0 saturated heterocycles. The van der Waals surface area contributed by atoms with E-state index in [-0.39, 0.29) is 11.4 Å². The van der Waals surface area contributed by atoms with Crippen LogP contribution in [0.4, 0.5) is 4.39 Å². The molecule has 1 aliphatic carbocycles. The molecule has 0 aromatic heterocycles. The number of rotatable bonds is 3. The molecule has 2 atom stereocenters. The molecule has 1 saturated carbocycles. The first-order valence-electron chi connectivity index (χ1n) is 7.04. The van der Waals surface area contributed by atoms with Gasteiger partial charge < -0.3 is 10.5 Å². The summed E-state index contributed by atoms with van der Waals surface area (Å²) < 4.78 is 19.2. The van der Waals surface area contributed by atoms with Gasteiger partial charge in [0.05, 0.1) is 7.11 Å². The number of ether oxygens (including phenoxy) is 1. The maximum atomic E-state index is 14.2. The van der Waals surface area contributed by atoms with E-state index in [0.29, 0.717) is 29.6 Å². The molecule has 2 unspecified atom stereocenters. The molecule has 1 aliphatic rings. The van der Waals surface area contributed by atoms with E-state index in [9.17, 15) is 4.39 Å². The number of methoxy groups -OCH3 is 1. The SMILES string of the molecule is COc1cccc(CC2(N)CC(C)CC(C)C2)c1F. The van der Waals surface area contributed by atoms with Crippen LogP contribution in [0, 0.1) is 17.7 Å². The second kappa shape index (κ2) is 5.49. The van der Waals surface area contributed by atoms with E-state index in [0.717, 1.165) is 12.8 Å².